The van der Waals surface area contributed by atoms with Crippen molar-refractivity contribution < 1.29 is 0 Å². The molecule has 5 heteroatoms. The summed E-state index contributed by atoms with van der Waals surface area (Å²) < 4.78 is 2.58. The largest absolute Gasteiger partial charge is 0.299 e. The van der Waals surface area contributed by atoms with Crippen molar-refractivity contribution in [2.45, 2.75) is 26.3 Å². The fourth-order valence-corrected chi connectivity index (χ4v) is 2.71. The Morgan fingerprint density at radius 2 is 2.21 bits per heavy atom. The molecule has 0 radical (unpaired) electrons. The number of hydrogen-bond acceptors (Lipinski definition) is 2. The van der Waals surface area contributed by atoms with Crippen LogP contribution in [0.2, 0.25) is 0 Å². The predicted octanol–water partition coefficient (Wildman–Crippen LogP) is 3.81. The molecule has 0 aliphatic rings. The van der Waals surface area contributed by atoms with Gasteiger partial charge < -0.3 is 0 Å². The Morgan fingerprint density at radius 1 is 1.42 bits per heavy atom. The molecule has 2 aromatic rings. The summed E-state index contributed by atoms with van der Waals surface area (Å²) in [4.78, 5) is 16.7. The van der Waals surface area contributed by atoms with Crippen LogP contribution in [0, 0.1) is 5.92 Å². The Hall–Kier alpha value is -0.870. The van der Waals surface area contributed by atoms with Crippen molar-refractivity contribution in [2.24, 2.45) is 5.92 Å². The number of fused-ring (bicyclic) bond motifs is 1. The molecule has 0 bridgehead atoms. The van der Waals surface area contributed by atoms with Gasteiger partial charge in [0.1, 0.15) is 0 Å². The fraction of sp³-hybridized carbons (Fsp3) is 0.429. The van der Waals surface area contributed by atoms with Gasteiger partial charge >= 0.3 is 0 Å². The van der Waals surface area contributed by atoms with Crippen LogP contribution in [0.25, 0.3) is 10.9 Å². The third kappa shape index (κ3) is 3.57. The van der Waals surface area contributed by atoms with Crippen LogP contribution in [-0.2, 0) is 6.54 Å². The van der Waals surface area contributed by atoms with E-state index < -0.39 is 0 Å². The van der Waals surface area contributed by atoms with Gasteiger partial charge in [0, 0.05) is 16.9 Å². The van der Waals surface area contributed by atoms with Crippen LogP contribution in [0.4, 0.5) is 0 Å². The molecule has 0 spiro atoms. The molecule has 19 heavy (non-hydrogen) atoms. The van der Waals surface area contributed by atoms with E-state index in [0.29, 0.717) is 23.7 Å². The highest BCUT2D eigenvalue weighted by atomic mass is 79.9. The monoisotopic (exact) mass is 342 g/mol. The van der Waals surface area contributed by atoms with Crippen molar-refractivity contribution in [3.05, 3.63) is 39.4 Å². The number of alkyl halides is 1. The first-order valence-electron chi connectivity index (χ1n) is 6.32. The van der Waals surface area contributed by atoms with E-state index >= 15 is 0 Å². The highest BCUT2D eigenvalue weighted by molar-refractivity contribution is 9.10. The van der Waals surface area contributed by atoms with Gasteiger partial charge in [-0.15, -0.1) is 11.6 Å². The molecule has 0 saturated carbocycles. The number of aryl methyl sites for hydroxylation is 1. The van der Waals surface area contributed by atoms with Crippen molar-refractivity contribution in [1.29, 1.82) is 0 Å². The zero-order valence-electron chi connectivity index (χ0n) is 10.8. The molecule has 0 aliphatic heterocycles. The fourth-order valence-electron chi connectivity index (χ4n) is 1.98. The van der Waals surface area contributed by atoms with Crippen LogP contribution in [0.5, 0.6) is 0 Å². The van der Waals surface area contributed by atoms with Gasteiger partial charge in [-0.25, -0.2) is 4.98 Å². The SMILES string of the molecule is CC(CCCl)CCn1cnc2ccc(Br)cc2c1=O. The zero-order valence-corrected chi connectivity index (χ0v) is 13.1. The highest BCUT2D eigenvalue weighted by Crippen LogP contribution is 2.15. The van der Waals surface area contributed by atoms with Crippen molar-refractivity contribution in [2.75, 3.05) is 5.88 Å². The van der Waals surface area contributed by atoms with E-state index in [1.54, 1.807) is 10.9 Å². The van der Waals surface area contributed by atoms with Gasteiger partial charge in [-0.2, -0.15) is 0 Å². The van der Waals surface area contributed by atoms with E-state index in [1.807, 2.05) is 18.2 Å². The Kier molecular flexibility index (Phi) is 4.99. The Balaban J connectivity index is 2.25. The summed E-state index contributed by atoms with van der Waals surface area (Å²) in [6, 6.07) is 5.56. The van der Waals surface area contributed by atoms with Crippen molar-refractivity contribution in [1.82, 2.24) is 9.55 Å². The first kappa shape index (κ1) is 14.5. The van der Waals surface area contributed by atoms with Crippen LogP contribution >= 0.6 is 27.5 Å². The Morgan fingerprint density at radius 3 is 2.95 bits per heavy atom. The Bertz CT molecular complexity index is 626. The van der Waals surface area contributed by atoms with Gasteiger partial charge in [-0.3, -0.25) is 9.36 Å². The van der Waals surface area contributed by atoms with Crippen LogP contribution in [0.3, 0.4) is 0 Å². The van der Waals surface area contributed by atoms with E-state index in [-0.39, 0.29) is 5.56 Å². The molecule has 1 unspecified atom stereocenters. The summed E-state index contributed by atoms with van der Waals surface area (Å²) in [5.41, 5.74) is 0.752. The van der Waals surface area contributed by atoms with E-state index in [4.69, 9.17) is 11.6 Å². The molecule has 0 amide bonds. The number of halogens is 2. The molecule has 1 aromatic heterocycles. The maximum atomic E-state index is 12.3. The standard InChI is InChI=1S/C14H16BrClN2O/c1-10(4-6-16)5-7-18-9-17-13-3-2-11(15)8-12(13)14(18)19/h2-3,8-10H,4-7H2,1H3. The minimum absolute atomic E-state index is 0.0179. The maximum Gasteiger partial charge on any atom is 0.261 e. The van der Waals surface area contributed by atoms with Gasteiger partial charge in [0.15, 0.2) is 0 Å². The third-order valence-electron chi connectivity index (χ3n) is 3.25. The topological polar surface area (TPSA) is 34.9 Å². The summed E-state index contributed by atoms with van der Waals surface area (Å²) in [6.07, 6.45) is 3.54. The second-order valence-corrected chi connectivity index (χ2v) is 6.07. The highest BCUT2D eigenvalue weighted by Gasteiger charge is 2.06. The van der Waals surface area contributed by atoms with Gasteiger partial charge in [0.05, 0.1) is 17.2 Å². The molecule has 3 nitrogen and oxygen atoms in total. The molecule has 0 fully saturated rings. The summed E-state index contributed by atoms with van der Waals surface area (Å²) >= 11 is 9.10. The lowest BCUT2D eigenvalue weighted by molar-refractivity contribution is 0.463. The molecule has 0 saturated heterocycles. The molecule has 1 aromatic carbocycles. The van der Waals surface area contributed by atoms with Crippen LogP contribution < -0.4 is 5.56 Å². The molecule has 2 rings (SSSR count). The summed E-state index contributed by atoms with van der Waals surface area (Å²) in [7, 11) is 0. The normalized spacial score (nSPS) is 12.8. The van der Waals surface area contributed by atoms with Crippen molar-refractivity contribution >= 4 is 38.4 Å². The number of aromatic nitrogens is 2. The summed E-state index contributed by atoms with van der Waals surface area (Å²) in [5, 5.41) is 0.655. The predicted molar refractivity (Wildman–Crippen MR) is 82.8 cm³/mol. The summed E-state index contributed by atoms with van der Waals surface area (Å²) in [5.74, 6) is 1.18. The van der Waals surface area contributed by atoms with Crippen LogP contribution in [0.15, 0.2) is 33.8 Å². The van der Waals surface area contributed by atoms with Gasteiger partial charge in [0.25, 0.3) is 5.56 Å². The van der Waals surface area contributed by atoms with Gasteiger partial charge in [-0.05, 0) is 37.0 Å². The first-order valence-corrected chi connectivity index (χ1v) is 7.65. The molecule has 0 N–H and O–H groups in total. The van der Waals surface area contributed by atoms with E-state index in [0.717, 1.165) is 22.8 Å². The summed E-state index contributed by atoms with van der Waals surface area (Å²) in [6.45, 7) is 2.84. The lowest BCUT2D eigenvalue weighted by Crippen LogP contribution is -2.21. The molecule has 1 atom stereocenters. The average molecular weight is 344 g/mol. The molecule has 102 valence electrons. The maximum absolute atomic E-state index is 12.3. The number of nitrogens with zero attached hydrogens (tertiary/aromatic N) is 2. The molecular weight excluding hydrogens is 328 g/mol. The zero-order chi connectivity index (χ0) is 13.8. The first-order chi connectivity index (χ1) is 9.11. The van der Waals surface area contributed by atoms with Gasteiger partial charge in [0.2, 0.25) is 0 Å². The van der Waals surface area contributed by atoms with E-state index in [1.165, 1.54) is 0 Å². The van der Waals surface area contributed by atoms with Crippen molar-refractivity contribution in [3.63, 3.8) is 0 Å². The van der Waals surface area contributed by atoms with Crippen LogP contribution in [0.1, 0.15) is 19.8 Å². The lowest BCUT2D eigenvalue weighted by Gasteiger charge is -2.11. The number of rotatable bonds is 5. The quantitative estimate of drug-likeness (QED) is 0.774. The molecular formula is C14H16BrClN2O. The molecule has 1 heterocycles. The number of benzene rings is 1. The van der Waals surface area contributed by atoms with Crippen LogP contribution in [-0.4, -0.2) is 15.4 Å². The second kappa shape index (κ2) is 6.53. The van der Waals surface area contributed by atoms with E-state index in [2.05, 4.69) is 27.8 Å². The number of hydrogen-bond donors (Lipinski definition) is 0. The smallest absolute Gasteiger partial charge is 0.261 e. The average Bonchev–Trinajstić information content (AvgIpc) is 2.39. The minimum Gasteiger partial charge on any atom is -0.299 e. The van der Waals surface area contributed by atoms with Gasteiger partial charge in [-0.1, -0.05) is 22.9 Å². The Labute approximate surface area is 125 Å². The second-order valence-electron chi connectivity index (χ2n) is 4.78. The lowest BCUT2D eigenvalue weighted by atomic mass is 10.1. The third-order valence-corrected chi connectivity index (χ3v) is 3.96. The van der Waals surface area contributed by atoms with E-state index in [9.17, 15) is 4.79 Å². The molecule has 0 aliphatic carbocycles. The van der Waals surface area contributed by atoms with Crippen molar-refractivity contribution in [3.8, 4) is 0 Å². The minimum atomic E-state index is 0.0179.